The van der Waals surface area contributed by atoms with E-state index in [-0.39, 0.29) is 0 Å². The number of para-hydroxylation sites is 6. The Bertz CT molecular complexity index is 3060. The maximum absolute atomic E-state index is 3.99. The van der Waals surface area contributed by atoms with Gasteiger partial charge in [0.05, 0.1) is 22.1 Å². The van der Waals surface area contributed by atoms with Crippen molar-refractivity contribution in [3.63, 3.8) is 0 Å². The highest BCUT2D eigenvalue weighted by Crippen LogP contribution is 2.45. The first-order valence-corrected chi connectivity index (χ1v) is 20.7. The van der Waals surface area contributed by atoms with Crippen molar-refractivity contribution in [1.29, 1.82) is 0 Å². The van der Waals surface area contributed by atoms with E-state index in [2.05, 4.69) is 259 Å². The highest BCUT2D eigenvalue weighted by molar-refractivity contribution is 9.10. The SMILES string of the molecule is Brc1cc(N(c2ccccc2)c2ccc3c4ccccc4n(-c4ccccc4)c3c2)cc(N(c2ccccc2)c2ccc3c4ccccc4n(-c4ccccc4)c3c2)c1. The number of halogens is 1. The number of hydrogen-bond donors (Lipinski definition) is 0. The van der Waals surface area contributed by atoms with Crippen LogP contribution in [-0.2, 0) is 0 Å². The summed E-state index contributed by atoms with van der Waals surface area (Å²) in [6.07, 6.45) is 0. The van der Waals surface area contributed by atoms with Crippen LogP contribution in [0.1, 0.15) is 0 Å². The average Bonchev–Trinajstić information content (AvgIpc) is 3.80. The number of fused-ring (bicyclic) bond motifs is 6. The van der Waals surface area contributed by atoms with Gasteiger partial charge in [0.15, 0.2) is 0 Å². The number of anilines is 6. The second-order valence-electron chi connectivity index (χ2n) is 14.8. The monoisotopic (exact) mass is 820 g/mol. The molecule has 2 heterocycles. The van der Waals surface area contributed by atoms with Gasteiger partial charge in [-0.15, -0.1) is 0 Å². The Balaban J connectivity index is 1.12. The van der Waals surface area contributed by atoms with Gasteiger partial charge in [-0.1, -0.05) is 137 Å². The number of aromatic nitrogens is 2. The Morgan fingerprint density at radius 2 is 0.627 bits per heavy atom. The summed E-state index contributed by atoms with van der Waals surface area (Å²) in [7, 11) is 0. The molecular formula is C54H37BrN4. The maximum Gasteiger partial charge on any atom is 0.0561 e. The molecule has 0 N–H and O–H groups in total. The van der Waals surface area contributed by atoms with Gasteiger partial charge in [-0.05, 0) is 103 Å². The zero-order valence-corrected chi connectivity index (χ0v) is 33.6. The molecule has 0 atom stereocenters. The molecule has 0 aliphatic heterocycles. The first-order chi connectivity index (χ1) is 29.2. The van der Waals surface area contributed by atoms with E-state index in [1.54, 1.807) is 0 Å². The molecule has 0 bridgehead atoms. The Morgan fingerprint density at radius 1 is 0.271 bits per heavy atom. The van der Waals surface area contributed by atoms with Crippen molar-refractivity contribution in [2.75, 3.05) is 9.80 Å². The van der Waals surface area contributed by atoms with Crippen molar-refractivity contribution in [2.24, 2.45) is 0 Å². The Hall–Kier alpha value is -7.34. The predicted molar refractivity (Wildman–Crippen MR) is 252 cm³/mol. The summed E-state index contributed by atoms with van der Waals surface area (Å²) in [6, 6.07) is 80.5. The first kappa shape index (κ1) is 34.9. The highest BCUT2D eigenvalue weighted by atomic mass is 79.9. The Morgan fingerprint density at radius 3 is 1.05 bits per heavy atom. The third-order valence-corrected chi connectivity index (χ3v) is 11.7. The molecule has 0 saturated heterocycles. The smallest absolute Gasteiger partial charge is 0.0561 e. The third-order valence-electron chi connectivity index (χ3n) is 11.3. The van der Waals surface area contributed by atoms with E-state index in [1.165, 1.54) is 32.6 Å². The molecule has 59 heavy (non-hydrogen) atoms. The molecule has 0 spiro atoms. The molecule has 0 unspecified atom stereocenters. The zero-order chi connectivity index (χ0) is 39.3. The summed E-state index contributed by atoms with van der Waals surface area (Å²) >= 11 is 3.99. The lowest BCUT2D eigenvalue weighted by molar-refractivity contribution is 1.17. The van der Waals surface area contributed by atoms with E-state index in [0.29, 0.717) is 0 Å². The molecule has 0 saturated carbocycles. The fourth-order valence-corrected chi connectivity index (χ4v) is 9.24. The average molecular weight is 822 g/mol. The summed E-state index contributed by atoms with van der Waals surface area (Å²) in [4.78, 5) is 4.72. The van der Waals surface area contributed by atoms with Crippen molar-refractivity contribution in [3.8, 4) is 11.4 Å². The molecule has 0 amide bonds. The minimum atomic E-state index is 0.978. The van der Waals surface area contributed by atoms with Crippen LogP contribution in [0.25, 0.3) is 55.0 Å². The van der Waals surface area contributed by atoms with Gasteiger partial charge >= 0.3 is 0 Å². The van der Waals surface area contributed by atoms with Gasteiger partial charge < -0.3 is 18.9 Å². The van der Waals surface area contributed by atoms with Crippen LogP contribution in [0.3, 0.4) is 0 Å². The van der Waals surface area contributed by atoms with Crippen molar-refractivity contribution in [3.05, 3.63) is 229 Å². The van der Waals surface area contributed by atoms with E-state index < -0.39 is 0 Å². The van der Waals surface area contributed by atoms with Gasteiger partial charge in [-0.2, -0.15) is 0 Å². The summed E-state index contributed by atoms with van der Waals surface area (Å²) in [5.74, 6) is 0. The number of rotatable bonds is 8. The molecular weight excluding hydrogens is 785 g/mol. The van der Waals surface area contributed by atoms with Crippen molar-refractivity contribution < 1.29 is 0 Å². The standard InChI is InChI=1S/C54H37BrN4/c55-38-33-45(56(39-17-5-1-6-18-39)43-29-31-49-47-25-13-15-27-51(47)58(53(49)36-43)41-21-9-3-10-22-41)35-46(34-38)57(40-19-7-2-8-20-40)44-30-32-50-48-26-14-16-28-52(48)59(54(50)37-44)42-23-11-4-12-24-42/h1-37H. The number of nitrogens with zero attached hydrogens (tertiary/aromatic N) is 4. The van der Waals surface area contributed by atoms with Crippen LogP contribution in [0.2, 0.25) is 0 Å². The van der Waals surface area contributed by atoms with Gasteiger partial charge in [0.2, 0.25) is 0 Å². The zero-order valence-electron chi connectivity index (χ0n) is 32.0. The minimum Gasteiger partial charge on any atom is -0.310 e. The molecule has 0 aliphatic rings. The Kier molecular flexibility index (Phi) is 8.60. The molecule has 2 aromatic heterocycles. The molecule has 0 fully saturated rings. The maximum atomic E-state index is 3.99. The lowest BCUT2D eigenvalue weighted by atomic mass is 10.1. The summed E-state index contributed by atoms with van der Waals surface area (Å²) < 4.78 is 5.74. The summed E-state index contributed by atoms with van der Waals surface area (Å²) in [6.45, 7) is 0. The predicted octanol–water partition coefficient (Wildman–Crippen LogP) is 15.6. The lowest BCUT2D eigenvalue weighted by Crippen LogP contribution is -2.13. The third kappa shape index (κ3) is 6.06. The quantitative estimate of drug-likeness (QED) is 0.152. The highest BCUT2D eigenvalue weighted by Gasteiger charge is 2.22. The van der Waals surface area contributed by atoms with Gasteiger partial charge in [0.1, 0.15) is 0 Å². The fraction of sp³-hybridized carbons (Fsp3) is 0. The van der Waals surface area contributed by atoms with Gasteiger partial charge in [0, 0.05) is 71.5 Å². The van der Waals surface area contributed by atoms with Gasteiger partial charge in [-0.25, -0.2) is 0 Å². The van der Waals surface area contributed by atoms with Gasteiger partial charge in [0.25, 0.3) is 0 Å². The van der Waals surface area contributed by atoms with Crippen LogP contribution in [0.15, 0.2) is 229 Å². The minimum absolute atomic E-state index is 0.978. The van der Waals surface area contributed by atoms with Crippen molar-refractivity contribution in [1.82, 2.24) is 9.13 Å². The molecule has 4 nitrogen and oxygen atoms in total. The first-order valence-electron chi connectivity index (χ1n) is 19.9. The molecule has 0 radical (unpaired) electrons. The van der Waals surface area contributed by atoms with E-state index in [0.717, 1.165) is 61.0 Å². The topological polar surface area (TPSA) is 16.3 Å². The largest absolute Gasteiger partial charge is 0.310 e. The van der Waals surface area contributed by atoms with E-state index in [9.17, 15) is 0 Å². The van der Waals surface area contributed by atoms with E-state index in [4.69, 9.17) is 0 Å². The Labute approximate surface area is 351 Å². The number of benzene rings is 9. The van der Waals surface area contributed by atoms with E-state index >= 15 is 0 Å². The van der Waals surface area contributed by atoms with Crippen LogP contribution in [0.4, 0.5) is 34.1 Å². The van der Waals surface area contributed by atoms with Crippen LogP contribution in [0, 0.1) is 0 Å². The molecule has 0 aliphatic carbocycles. The molecule has 280 valence electrons. The molecule has 5 heteroatoms. The molecule has 9 aromatic carbocycles. The van der Waals surface area contributed by atoms with Crippen LogP contribution < -0.4 is 9.80 Å². The van der Waals surface area contributed by atoms with Crippen molar-refractivity contribution >= 4 is 93.7 Å². The molecule has 11 aromatic rings. The van der Waals surface area contributed by atoms with Crippen LogP contribution in [-0.4, -0.2) is 9.13 Å². The fourth-order valence-electron chi connectivity index (χ4n) is 8.77. The summed E-state index contributed by atoms with van der Waals surface area (Å²) in [5.41, 5.74) is 13.3. The lowest BCUT2D eigenvalue weighted by Gasteiger charge is -2.30. The normalized spacial score (nSPS) is 11.5. The molecule has 11 rings (SSSR count). The summed E-state index contributed by atoms with van der Waals surface area (Å²) in [5, 5.41) is 4.90. The van der Waals surface area contributed by atoms with Crippen LogP contribution >= 0.6 is 15.9 Å². The second-order valence-corrected chi connectivity index (χ2v) is 15.7. The number of hydrogen-bond acceptors (Lipinski definition) is 2. The van der Waals surface area contributed by atoms with Crippen LogP contribution in [0.5, 0.6) is 0 Å². The van der Waals surface area contributed by atoms with Gasteiger partial charge in [-0.3, -0.25) is 0 Å². The van der Waals surface area contributed by atoms with E-state index in [1.807, 2.05) is 0 Å². The van der Waals surface area contributed by atoms with Crippen molar-refractivity contribution in [2.45, 2.75) is 0 Å². The second kappa shape index (κ2) is 14.6.